The highest BCUT2D eigenvalue weighted by molar-refractivity contribution is 7.99. The molecule has 0 bridgehead atoms. The molecule has 3 N–H and O–H groups in total. The number of pyridine rings is 2. The van der Waals surface area contributed by atoms with E-state index < -0.39 is 11.9 Å². The fraction of sp³-hybridized carbons (Fsp3) is 0.240. The third kappa shape index (κ3) is 6.07. The van der Waals surface area contributed by atoms with Gasteiger partial charge >= 0.3 is 0 Å². The van der Waals surface area contributed by atoms with E-state index in [0.717, 1.165) is 30.4 Å². The van der Waals surface area contributed by atoms with E-state index in [1.54, 1.807) is 31.3 Å². The van der Waals surface area contributed by atoms with E-state index in [2.05, 4.69) is 14.9 Å². The van der Waals surface area contributed by atoms with E-state index >= 15 is 4.39 Å². The topological polar surface area (TPSA) is 88.1 Å². The highest BCUT2D eigenvalue weighted by Crippen LogP contribution is 2.33. The molecule has 0 radical (unpaired) electrons. The number of benzene rings is 1. The molecule has 3 aromatic rings. The van der Waals surface area contributed by atoms with Crippen molar-refractivity contribution in [3.63, 3.8) is 0 Å². The minimum Gasteiger partial charge on any atom is -0.486 e. The molecule has 1 aliphatic heterocycles. The third-order valence-electron chi connectivity index (χ3n) is 5.54. The molecule has 10 heteroatoms. The molecule has 1 aromatic carbocycles. The maximum Gasteiger partial charge on any atom is 0.149 e. The summed E-state index contributed by atoms with van der Waals surface area (Å²) in [4.78, 5) is 10.6. The van der Waals surface area contributed by atoms with Gasteiger partial charge in [0.25, 0.3) is 0 Å². The van der Waals surface area contributed by atoms with Gasteiger partial charge < -0.3 is 15.4 Å². The van der Waals surface area contributed by atoms with Gasteiger partial charge in [-0.15, -0.1) is 0 Å². The van der Waals surface area contributed by atoms with Crippen LogP contribution in [0.5, 0.6) is 5.75 Å². The van der Waals surface area contributed by atoms with E-state index in [9.17, 15) is 0 Å². The maximum atomic E-state index is 15.0. The summed E-state index contributed by atoms with van der Waals surface area (Å²) < 4.78 is 21.0. The quantitative estimate of drug-likeness (QED) is 0.269. The minimum absolute atomic E-state index is 0.214. The molecule has 1 aliphatic rings. The van der Waals surface area contributed by atoms with Crippen molar-refractivity contribution < 1.29 is 9.13 Å². The minimum atomic E-state index is -0.731. The van der Waals surface area contributed by atoms with Crippen LogP contribution in [-0.4, -0.2) is 40.3 Å². The molecule has 3 heterocycles. The number of halogens is 3. The van der Waals surface area contributed by atoms with E-state index in [-0.39, 0.29) is 17.0 Å². The molecule has 4 rings (SSSR count). The zero-order valence-corrected chi connectivity index (χ0v) is 21.3. The van der Waals surface area contributed by atoms with Gasteiger partial charge in [-0.05, 0) is 48.9 Å². The summed E-state index contributed by atoms with van der Waals surface area (Å²) in [5, 5.41) is 9.13. The molecule has 0 spiro atoms. The molecule has 1 unspecified atom stereocenters. The number of nitrogens with one attached hydrogen (secondary N) is 1. The first-order valence-electron chi connectivity index (χ1n) is 10.9. The lowest BCUT2D eigenvalue weighted by Crippen LogP contribution is -2.32. The van der Waals surface area contributed by atoms with Gasteiger partial charge in [-0.3, -0.25) is 10.4 Å². The number of nitrogens with two attached hydrogens (primary N) is 1. The molecular weight excluding hydrogens is 508 g/mol. The van der Waals surface area contributed by atoms with Gasteiger partial charge in [0.05, 0.1) is 15.8 Å². The number of hydrogen-bond acceptors (Lipinski definition) is 7. The van der Waals surface area contributed by atoms with Crippen LogP contribution in [0.3, 0.4) is 0 Å². The van der Waals surface area contributed by atoms with Crippen molar-refractivity contribution in [2.45, 2.75) is 13.0 Å². The Bertz CT molecular complexity index is 1230. The van der Waals surface area contributed by atoms with E-state index in [1.807, 2.05) is 17.8 Å². The molecular formula is C25H24Cl2FN5OS. The Morgan fingerprint density at radius 3 is 2.54 bits per heavy atom. The SMILES string of the molecule is CC(Oc1ccc(N)c(C(=N)/C(F)=C/c2ccc(N3CCSCC3)nc2)c1)c1c(Cl)cncc1Cl. The van der Waals surface area contributed by atoms with E-state index in [0.29, 0.717) is 26.9 Å². The average Bonchev–Trinajstić information content (AvgIpc) is 2.85. The van der Waals surface area contributed by atoms with Crippen molar-refractivity contribution in [2.75, 3.05) is 35.2 Å². The van der Waals surface area contributed by atoms with Crippen molar-refractivity contribution in [1.82, 2.24) is 9.97 Å². The first kappa shape index (κ1) is 25.3. The molecule has 1 fully saturated rings. The summed E-state index contributed by atoms with van der Waals surface area (Å²) in [6.45, 7) is 3.68. The Morgan fingerprint density at radius 2 is 1.89 bits per heavy atom. The molecule has 0 amide bonds. The zero-order chi connectivity index (χ0) is 24.9. The standard InChI is InChI=1S/C25H24Cl2FN5OS/c1-15(24-19(26)13-31-14-20(24)27)34-17-3-4-22(29)18(11-17)25(30)21(28)10-16-2-5-23(32-12-16)33-6-8-35-9-7-33/h2-5,10-15,30H,6-9,29H2,1H3/b21-10-,30-25?. The van der Waals surface area contributed by atoms with Crippen molar-refractivity contribution in [3.8, 4) is 5.75 Å². The van der Waals surface area contributed by atoms with Crippen LogP contribution in [0.1, 0.15) is 29.7 Å². The smallest absolute Gasteiger partial charge is 0.149 e. The molecule has 0 aliphatic carbocycles. The van der Waals surface area contributed by atoms with Crippen molar-refractivity contribution in [2.24, 2.45) is 0 Å². The molecule has 182 valence electrons. The van der Waals surface area contributed by atoms with Crippen LogP contribution >= 0.6 is 35.0 Å². The fourth-order valence-corrected chi connectivity index (χ4v) is 5.28. The lowest BCUT2D eigenvalue weighted by atomic mass is 10.0. The third-order valence-corrected chi connectivity index (χ3v) is 7.09. The maximum absolute atomic E-state index is 15.0. The number of ether oxygens (including phenoxy) is 1. The van der Waals surface area contributed by atoms with Crippen LogP contribution in [0, 0.1) is 5.41 Å². The Hall–Kier alpha value is -2.81. The largest absolute Gasteiger partial charge is 0.486 e. The van der Waals surface area contributed by atoms with Gasteiger partial charge in [-0.25, -0.2) is 9.37 Å². The van der Waals surface area contributed by atoms with Gasteiger partial charge in [0.2, 0.25) is 0 Å². The number of hydrogen-bond donors (Lipinski definition) is 2. The van der Waals surface area contributed by atoms with Crippen molar-refractivity contribution >= 4 is 58.3 Å². The van der Waals surface area contributed by atoms with Crippen LogP contribution in [0.4, 0.5) is 15.9 Å². The number of allylic oxidation sites excluding steroid dienone is 1. The van der Waals surface area contributed by atoms with Gasteiger partial charge in [0, 0.05) is 60.0 Å². The Labute approximate surface area is 217 Å². The number of aromatic nitrogens is 2. The van der Waals surface area contributed by atoms with Crippen LogP contribution in [0.25, 0.3) is 6.08 Å². The number of nitrogen functional groups attached to an aromatic ring is 1. The van der Waals surface area contributed by atoms with Crippen LogP contribution in [0.15, 0.2) is 54.7 Å². The summed E-state index contributed by atoms with van der Waals surface area (Å²) >= 11 is 14.4. The van der Waals surface area contributed by atoms with Crippen molar-refractivity contribution in [1.29, 1.82) is 5.41 Å². The monoisotopic (exact) mass is 531 g/mol. The number of nitrogens with zero attached hydrogens (tertiary/aromatic N) is 3. The van der Waals surface area contributed by atoms with Gasteiger partial charge in [-0.2, -0.15) is 11.8 Å². The summed E-state index contributed by atoms with van der Waals surface area (Å²) in [7, 11) is 0. The Morgan fingerprint density at radius 1 is 1.17 bits per heavy atom. The number of anilines is 2. The first-order chi connectivity index (χ1) is 16.8. The predicted molar refractivity (Wildman–Crippen MR) is 144 cm³/mol. The van der Waals surface area contributed by atoms with Gasteiger partial charge in [0.1, 0.15) is 23.5 Å². The van der Waals surface area contributed by atoms with Crippen LogP contribution in [-0.2, 0) is 0 Å². The lowest BCUT2D eigenvalue weighted by molar-refractivity contribution is 0.227. The van der Waals surface area contributed by atoms with E-state index in [4.69, 9.17) is 39.1 Å². The molecule has 35 heavy (non-hydrogen) atoms. The van der Waals surface area contributed by atoms with Crippen LogP contribution < -0.4 is 15.4 Å². The Kier molecular flexibility index (Phi) is 8.15. The summed E-state index contributed by atoms with van der Waals surface area (Å²) in [5.41, 5.74) is 7.32. The fourth-order valence-electron chi connectivity index (χ4n) is 3.71. The second-order valence-electron chi connectivity index (χ2n) is 7.94. The van der Waals surface area contributed by atoms with Gasteiger partial charge in [0.15, 0.2) is 0 Å². The van der Waals surface area contributed by atoms with Crippen molar-refractivity contribution in [3.05, 3.63) is 81.5 Å². The second-order valence-corrected chi connectivity index (χ2v) is 9.98. The average molecular weight is 532 g/mol. The summed E-state index contributed by atoms with van der Waals surface area (Å²) in [6.07, 6.45) is 5.35. The number of thioether (sulfide) groups is 1. The summed E-state index contributed by atoms with van der Waals surface area (Å²) in [5.74, 6) is 2.68. The van der Waals surface area contributed by atoms with Crippen LogP contribution in [0.2, 0.25) is 10.0 Å². The molecule has 1 atom stereocenters. The number of rotatable bonds is 7. The molecule has 1 saturated heterocycles. The normalized spacial score (nSPS) is 15.1. The zero-order valence-electron chi connectivity index (χ0n) is 19.0. The first-order valence-corrected chi connectivity index (χ1v) is 12.8. The predicted octanol–water partition coefficient (Wildman–Crippen LogP) is 6.44. The van der Waals surface area contributed by atoms with E-state index in [1.165, 1.54) is 24.5 Å². The lowest BCUT2D eigenvalue weighted by Gasteiger charge is -2.27. The molecule has 0 saturated carbocycles. The molecule has 2 aromatic heterocycles. The second kappa shape index (κ2) is 11.3. The molecule has 6 nitrogen and oxygen atoms in total. The summed E-state index contributed by atoms with van der Waals surface area (Å²) in [6, 6.07) is 8.42. The highest BCUT2D eigenvalue weighted by Gasteiger charge is 2.18. The van der Waals surface area contributed by atoms with Gasteiger partial charge in [-0.1, -0.05) is 23.2 Å². The highest BCUT2D eigenvalue weighted by atomic mass is 35.5. The Balaban J connectivity index is 1.50.